The Labute approximate surface area is 171 Å². The molecule has 1 aromatic carbocycles. The molecule has 2 aromatic rings. The van der Waals surface area contributed by atoms with E-state index in [4.69, 9.17) is 4.74 Å². The van der Waals surface area contributed by atoms with Crippen molar-refractivity contribution in [1.82, 2.24) is 9.78 Å². The Morgan fingerprint density at radius 1 is 1.27 bits per heavy atom. The van der Waals surface area contributed by atoms with Crippen LogP contribution < -0.4 is 0 Å². The minimum absolute atomic E-state index is 0.175. The summed E-state index contributed by atoms with van der Waals surface area (Å²) < 4.78 is 74.1. The molecule has 30 heavy (non-hydrogen) atoms. The quantitative estimate of drug-likeness (QED) is 0.758. The van der Waals surface area contributed by atoms with Gasteiger partial charge in [-0.15, -0.1) is 0 Å². The molecular formula is C19H21F3N2O5S. The Balaban J connectivity index is 2.09. The maximum absolute atomic E-state index is 13.8. The summed E-state index contributed by atoms with van der Waals surface area (Å²) in [5, 5.41) is 12.1. The van der Waals surface area contributed by atoms with Crippen molar-refractivity contribution in [2.24, 2.45) is 13.0 Å². The molecular weight excluding hydrogens is 425 g/mol. The van der Waals surface area contributed by atoms with Crippen molar-refractivity contribution in [3.8, 4) is 11.3 Å². The van der Waals surface area contributed by atoms with Gasteiger partial charge in [-0.05, 0) is 38.0 Å². The molecule has 1 saturated carbocycles. The number of carboxylic acids is 1. The fraction of sp³-hybridized carbons (Fsp3) is 0.474. The summed E-state index contributed by atoms with van der Waals surface area (Å²) in [6, 6.07) is 4.63. The van der Waals surface area contributed by atoms with E-state index in [0.29, 0.717) is 11.4 Å². The van der Waals surface area contributed by atoms with Crippen LogP contribution in [0.4, 0.5) is 13.2 Å². The van der Waals surface area contributed by atoms with E-state index in [9.17, 15) is 31.5 Å². The maximum atomic E-state index is 13.8. The number of hydrogen-bond acceptors (Lipinski definition) is 5. The van der Waals surface area contributed by atoms with Gasteiger partial charge in [0.25, 0.3) is 0 Å². The van der Waals surface area contributed by atoms with Crippen LogP contribution in [-0.4, -0.2) is 47.7 Å². The number of aliphatic carboxylic acids is 1. The first-order chi connectivity index (χ1) is 13.9. The SMILES string of the molecule is CO[C@@H]1C[C@H](S(=O)(=O)c2ccc(-c3cc(C)nn3C)cc2C(F)(F)F)C[C@H]1C(=O)O. The molecule has 1 heterocycles. The summed E-state index contributed by atoms with van der Waals surface area (Å²) in [5.41, 5.74) is -0.0946. The first kappa shape index (κ1) is 22.3. The van der Waals surface area contributed by atoms with Gasteiger partial charge in [0.05, 0.1) is 39.1 Å². The molecule has 0 amide bonds. The van der Waals surface area contributed by atoms with Crippen LogP contribution >= 0.6 is 0 Å². The molecule has 0 unspecified atom stereocenters. The molecule has 3 atom stereocenters. The summed E-state index contributed by atoms with van der Waals surface area (Å²) >= 11 is 0. The van der Waals surface area contributed by atoms with Gasteiger partial charge in [0.2, 0.25) is 0 Å². The number of aromatic nitrogens is 2. The highest BCUT2D eigenvalue weighted by Gasteiger charge is 2.47. The summed E-state index contributed by atoms with van der Waals surface area (Å²) in [5.74, 6) is -2.33. The van der Waals surface area contributed by atoms with Gasteiger partial charge in [0.1, 0.15) is 0 Å². The van der Waals surface area contributed by atoms with E-state index in [1.807, 2.05) is 0 Å². The van der Waals surface area contributed by atoms with Crippen LogP contribution in [0.5, 0.6) is 0 Å². The number of rotatable bonds is 5. The van der Waals surface area contributed by atoms with E-state index in [2.05, 4.69) is 5.10 Å². The van der Waals surface area contributed by atoms with E-state index in [1.165, 1.54) is 17.9 Å². The lowest BCUT2D eigenvalue weighted by Gasteiger charge is -2.18. The maximum Gasteiger partial charge on any atom is 0.417 e. The Morgan fingerprint density at radius 2 is 1.93 bits per heavy atom. The van der Waals surface area contributed by atoms with Crippen LogP contribution in [0.15, 0.2) is 29.2 Å². The first-order valence-electron chi connectivity index (χ1n) is 9.08. The number of benzene rings is 1. The van der Waals surface area contributed by atoms with Gasteiger partial charge in [-0.2, -0.15) is 18.3 Å². The largest absolute Gasteiger partial charge is 0.481 e. The molecule has 0 bridgehead atoms. The Morgan fingerprint density at radius 3 is 2.40 bits per heavy atom. The monoisotopic (exact) mass is 446 g/mol. The van der Waals surface area contributed by atoms with Crippen LogP contribution in [0.2, 0.25) is 0 Å². The fourth-order valence-corrected chi connectivity index (χ4v) is 5.95. The molecule has 1 aliphatic rings. The summed E-state index contributed by atoms with van der Waals surface area (Å²) in [4.78, 5) is 10.5. The van der Waals surface area contributed by atoms with Gasteiger partial charge in [-0.3, -0.25) is 9.48 Å². The minimum Gasteiger partial charge on any atom is -0.481 e. The third kappa shape index (κ3) is 3.95. The van der Waals surface area contributed by atoms with E-state index >= 15 is 0 Å². The molecule has 0 spiro atoms. The molecule has 164 valence electrons. The Hall–Kier alpha value is -2.40. The van der Waals surface area contributed by atoms with Crippen LogP contribution in [0, 0.1) is 12.8 Å². The van der Waals surface area contributed by atoms with Crippen LogP contribution in [-0.2, 0) is 32.6 Å². The molecule has 7 nitrogen and oxygen atoms in total. The molecule has 3 rings (SSSR count). The highest BCUT2D eigenvalue weighted by molar-refractivity contribution is 7.92. The second-order valence-corrected chi connectivity index (χ2v) is 9.56. The number of hydrogen-bond donors (Lipinski definition) is 1. The summed E-state index contributed by atoms with van der Waals surface area (Å²) in [7, 11) is -1.62. The normalized spacial score (nSPS) is 22.4. The highest BCUT2D eigenvalue weighted by Crippen LogP contribution is 2.42. The minimum atomic E-state index is -4.92. The van der Waals surface area contributed by atoms with Gasteiger partial charge in [-0.1, -0.05) is 6.07 Å². The van der Waals surface area contributed by atoms with Crippen molar-refractivity contribution in [2.75, 3.05) is 7.11 Å². The topological polar surface area (TPSA) is 98.5 Å². The van der Waals surface area contributed by atoms with Crippen molar-refractivity contribution in [1.29, 1.82) is 0 Å². The smallest absolute Gasteiger partial charge is 0.417 e. The molecule has 1 aliphatic carbocycles. The third-order valence-corrected chi connectivity index (χ3v) is 7.64. The van der Waals surface area contributed by atoms with Gasteiger partial charge >= 0.3 is 12.1 Å². The number of alkyl halides is 3. The predicted octanol–water partition coefficient (Wildman–Crippen LogP) is 3.07. The average Bonchev–Trinajstić information content (AvgIpc) is 3.24. The number of nitrogens with zero attached hydrogens (tertiary/aromatic N) is 2. The molecule has 0 radical (unpaired) electrons. The van der Waals surface area contributed by atoms with E-state index in [0.717, 1.165) is 12.1 Å². The first-order valence-corrected chi connectivity index (χ1v) is 10.6. The van der Waals surface area contributed by atoms with E-state index < -0.39 is 49.7 Å². The van der Waals surface area contributed by atoms with Crippen LogP contribution in [0.1, 0.15) is 24.1 Å². The lowest BCUT2D eigenvalue weighted by atomic mass is 10.1. The number of sulfone groups is 1. The number of aryl methyl sites for hydroxylation is 2. The summed E-state index contributed by atoms with van der Waals surface area (Å²) in [6.07, 6.45) is -6.29. The zero-order valence-corrected chi connectivity index (χ0v) is 17.3. The number of carboxylic acid groups (broad SMARTS) is 1. The second kappa shape index (κ2) is 7.69. The van der Waals surface area contributed by atoms with Crippen molar-refractivity contribution < 1.29 is 36.2 Å². The lowest BCUT2D eigenvalue weighted by molar-refractivity contribution is -0.145. The number of carbonyl (C=O) groups is 1. The zero-order valence-electron chi connectivity index (χ0n) is 16.5. The number of ether oxygens (including phenoxy) is 1. The zero-order chi connectivity index (χ0) is 22.4. The predicted molar refractivity (Wildman–Crippen MR) is 101 cm³/mol. The molecule has 1 fully saturated rings. The second-order valence-electron chi connectivity index (χ2n) is 7.36. The Bertz CT molecular complexity index is 1080. The van der Waals surface area contributed by atoms with Gasteiger partial charge in [-0.25, -0.2) is 8.42 Å². The van der Waals surface area contributed by atoms with Gasteiger partial charge in [0, 0.05) is 19.7 Å². The van der Waals surface area contributed by atoms with E-state index in [-0.39, 0.29) is 18.4 Å². The van der Waals surface area contributed by atoms with Crippen molar-refractivity contribution >= 4 is 15.8 Å². The summed E-state index contributed by atoms with van der Waals surface area (Å²) in [6.45, 7) is 1.69. The van der Waals surface area contributed by atoms with Gasteiger partial charge in [0.15, 0.2) is 9.84 Å². The fourth-order valence-electron chi connectivity index (χ4n) is 3.95. The van der Waals surface area contributed by atoms with Crippen molar-refractivity contribution in [3.05, 3.63) is 35.5 Å². The average molecular weight is 446 g/mol. The van der Waals surface area contributed by atoms with Gasteiger partial charge < -0.3 is 9.84 Å². The Kier molecular flexibility index (Phi) is 5.72. The third-order valence-electron chi connectivity index (χ3n) is 5.41. The molecule has 1 N–H and O–H groups in total. The lowest BCUT2D eigenvalue weighted by Crippen LogP contribution is -2.24. The van der Waals surface area contributed by atoms with Crippen LogP contribution in [0.3, 0.4) is 0 Å². The highest BCUT2D eigenvalue weighted by atomic mass is 32.2. The molecule has 1 aromatic heterocycles. The molecule has 0 aliphatic heterocycles. The van der Waals surface area contributed by atoms with Crippen molar-refractivity contribution in [2.45, 2.75) is 42.2 Å². The standard InChI is InChI=1S/C19H21F3N2O5S/c1-10-6-15(24(2)23-10)11-4-5-17(14(7-11)19(20,21)22)30(27,28)12-8-13(18(25)26)16(9-12)29-3/h4-7,12-13,16H,8-9H2,1-3H3,(H,25,26)/t12-,13-,16-/m1/s1. The van der Waals surface area contributed by atoms with E-state index in [1.54, 1.807) is 20.0 Å². The number of methoxy groups -OCH3 is 1. The molecule has 0 saturated heterocycles. The van der Waals surface area contributed by atoms with Crippen LogP contribution in [0.25, 0.3) is 11.3 Å². The van der Waals surface area contributed by atoms with Crippen molar-refractivity contribution in [3.63, 3.8) is 0 Å². The molecule has 11 heteroatoms. The number of halogens is 3.